The number of carbonyl (C=O) groups is 1. The summed E-state index contributed by atoms with van der Waals surface area (Å²) < 4.78 is 0.999. The van der Waals surface area contributed by atoms with Gasteiger partial charge < -0.3 is 5.11 Å². The maximum atomic E-state index is 12.2. The van der Waals surface area contributed by atoms with E-state index in [2.05, 4.69) is 4.98 Å². The normalized spacial score (nSPS) is 17.6. The summed E-state index contributed by atoms with van der Waals surface area (Å²) in [6.45, 7) is 0. The second-order valence-electron chi connectivity index (χ2n) is 5.59. The standard InChI is InChI=1S/C16H19NO2S/c18-13(10-9-11-5-1-2-6-11)15(19)16-17-12-7-3-4-8-14(12)20-16/h3-4,7-8,11,13,18H,1-2,5-6,9-10H2. The molecule has 106 valence electrons. The first-order valence-electron chi connectivity index (χ1n) is 7.32. The molecule has 1 fully saturated rings. The van der Waals surface area contributed by atoms with E-state index in [1.807, 2.05) is 24.3 Å². The Labute approximate surface area is 122 Å². The zero-order valence-corrected chi connectivity index (χ0v) is 12.2. The van der Waals surface area contributed by atoms with Gasteiger partial charge in [0.1, 0.15) is 6.10 Å². The van der Waals surface area contributed by atoms with E-state index in [1.165, 1.54) is 37.0 Å². The van der Waals surface area contributed by atoms with Crippen LogP contribution < -0.4 is 0 Å². The number of nitrogens with zero attached hydrogens (tertiary/aromatic N) is 1. The Balaban J connectivity index is 1.64. The third-order valence-electron chi connectivity index (χ3n) is 4.13. The Morgan fingerprint density at radius 1 is 1.35 bits per heavy atom. The van der Waals surface area contributed by atoms with E-state index in [4.69, 9.17) is 0 Å². The number of hydrogen-bond acceptors (Lipinski definition) is 4. The number of fused-ring (bicyclic) bond motifs is 1. The molecule has 1 aromatic heterocycles. The average Bonchev–Trinajstić information content (AvgIpc) is 3.12. The van der Waals surface area contributed by atoms with Crippen LogP contribution in [0.2, 0.25) is 0 Å². The van der Waals surface area contributed by atoms with Gasteiger partial charge in [-0.1, -0.05) is 37.8 Å². The van der Waals surface area contributed by atoms with Crippen molar-refractivity contribution in [1.82, 2.24) is 4.98 Å². The molecule has 20 heavy (non-hydrogen) atoms. The molecule has 1 heterocycles. The molecule has 1 saturated carbocycles. The fourth-order valence-corrected chi connectivity index (χ4v) is 3.90. The largest absolute Gasteiger partial charge is 0.385 e. The lowest BCUT2D eigenvalue weighted by atomic mass is 9.98. The molecule has 0 spiro atoms. The van der Waals surface area contributed by atoms with Crippen LogP contribution in [0.4, 0.5) is 0 Å². The molecular formula is C16H19NO2S. The van der Waals surface area contributed by atoms with E-state index in [1.54, 1.807) is 0 Å². The van der Waals surface area contributed by atoms with Crippen LogP contribution in [-0.4, -0.2) is 22.0 Å². The highest BCUT2D eigenvalue weighted by atomic mass is 32.1. The summed E-state index contributed by atoms with van der Waals surface area (Å²) in [5, 5.41) is 10.5. The van der Waals surface area contributed by atoms with E-state index in [-0.39, 0.29) is 5.78 Å². The first-order chi connectivity index (χ1) is 9.74. The smallest absolute Gasteiger partial charge is 0.219 e. The molecule has 3 nitrogen and oxygen atoms in total. The fraction of sp³-hybridized carbons (Fsp3) is 0.500. The highest BCUT2D eigenvalue weighted by molar-refractivity contribution is 7.20. The van der Waals surface area contributed by atoms with Gasteiger partial charge in [0.2, 0.25) is 5.78 Å². The highest BCUT2D eigenvalue weighted by Gasteiger charge is 2.23. The Hall–Kier alpha value is -1.26. The number of aromatic nitrogens is 1. The predicted molar refractivity (Wildman–Crippen MR) is 81.1 cm³/mol. The van der Waals surface area contributed by atoms with Gasteiger partial charge in [-0.05, 0) is 30.9 Å². The summed E-state index contributed by atoms with van der Waals surface area (Å²) in [4.78, 5) is 16.5. The Morgan fingerprint density at radius 2 is 2.10 bits per heavy atom. The van der Waals surface area contributed by atoms with Crippen LogP contribution in [0.1, 0.15) is 48.3 Å². The number of hydrogen-bond donors (Lipinski definition) is 1. The summed E-state index contributed by atoms with van der Waals surface area (Å²) in [7, 11) is 0. The van der Waals surface area contributed by atoms with E-state index < -0.39 is 6.10 Å². The number of benzene rings is 1. The number of aliphatic hydroxyl groups excluding tert-OH is 1. The number of aliphatic hydroxyl groups is 1. The van der Waals surface area contributed by atoms with E-state index in [9.17, 15) is 9.90 Å². The SMILES string of the molecule is O=C(c1nc2ccccc2s1)C(O)CCC1CCCC1. The van der Waals surface area contributed by atoms with Crippen LogP contribution in [-0.2, 0) is 0 Å². The van der Waals surface area contributed by atoms with Crippen LogP contribution in [0, 0.1) is 5.92 Å². The van der Waals surface area contributed by atoms with Gasteiger partial charge in [-0.15, -0.1) is 11.3 Å². The molecular weight excluding hydrogens is 270 g/mol. The zero-order valence-electron chi connectivity index (χ0n) is 11.4. The Bertz CT molecular complexity index is 568. The predicted octanol–water partition coefficient (Wildman–Crippen LogP) is 3.81. The second-order valence-corrected chi connectivity index (χ2v) is 6.63. The van der Waals surface area contributed by atoms with Crippen molar-refractivity contribution in [3.8, 4) is 0 Å². The van der Waals surface area contributed by atoms with Crippen molar-refractivity contribution in [2.75, 3.05) is 0 Å². The van der Waals surface area contributed by atoms with Gasteiger partial charge in [-0.25, -0.2) is 4.98 Å². The number of thiazole rings is 1. The van der Waals surface area contributed by atoms with Crippen LogP contribution in [0.25, 0.3) is 10.2 Å². The molecule has 0 bridgehead atoms. The second kappa shape index (κ2) is 6.02. The summed E-state index contributed by atoms with van der Waals surface area (Å²) >= 11 is 1.37. The van der Waals surface area contributed by atoms with E-state index >= 15 is 0 Å². The van der Waals surface area contributed by atoms with Crippen LogP contribution in [0.5, 0.6) is 0 Å². The van der Waals surface area contributed by atoms with Crippen molar-refractivity contribution in [1.29, 1.82) is 0 Å². The molecule has 2 aromatic rings. The minimum Gasteiger partial charge on any atom is -0.385 e. The molecule has 0 amide bonds. The van der Waals surface area contributed by atoms with Gasteiger partial charge in [-0.2, -0.15) is 0 Å². The summed E-state index contributed by atoms with van der Waals surface area (Å²) in [6, 6.07) is 7.69. The van der Waals surface area contributed by atoms with Gasteiger partial charge in [0.25, 0.3) is 0 Å². The Morgan fingerprint density at radius 3 is 2.85 bits per heavy atom. The average molecular weight is 289 g/mol. The lowest BCUT2D eigenvalue weighted by Gasteiger charge is -2.11. The summed E-state index contributed by atoms with van der Waals surface area (Å²) in [6.07, 6.45) is 5.73. The topological polar surface area (TPSA) is 50.2 Å². The monoisotopic (exact) mass is 289 g/mol. The quantitative estimate of drug-likeness (QED) is 0.851. The van der Waals surface area contributed by atoms with Gasteiger partial charge in [0, 0.05) is 0 Å². The lowest BCUT2D eigenvalue weighted by Crippen LogP contribution is -2.21. The summed E-state index contributed by atoms with van der Waals surface area (Å²) in [5.74, 6) is 0.483. The van der Waals surface area contributed by atoms with Crippen LogP contribution >= 0.6 is 11.3 Å². The molecule has 1 N–H and O–H groups in total. The molecule has 0 aliphatic heterocycles. The third-order valence-corrected chi connectivity index (χ3v) is 5.18. The third kappa shape index (κ3) is 2.91. The van der Waals surface area contributed by atoms with Crippen molar-refractivity contribution in [3.63, 3.8) is 0 Å². The number of carbonyl (C=O) groups excluding carboxylic acids is 1. The van der Waals surface area contributed by atoms with E-state index in [0.717, 1.165) is 16.6 Å². The maximum Gasteiger partial charge on any atom is 0.219 e. The molecule has 1 aliphatic rings. The van der Waals surface area contributed by atoms with Gasteiger partial charge >= 0.3 is 0 Å². The number of rotatable bonds is 5. The lowest BCUT2D eigenvalue weighted by molar-refractivity contribution is 0.0717. The maximum absolute atomic E-state index is 12.2. The highest BCUT2D eigenvalue weighted by Crippen LogP contribution is 2.30. The first kappa shape index (κ1) is 13.7. The van der Waals surface area contributed by atoms with Gasteiger partial charge in [0.15, 0.2) is 5.01 Å². The molecule has 1 aromatic carbocycles. The fourth-order valence-electron chi connectivity index (χ4n) is 2.94. The minimum absolute atomic E-state index is 0.218. The molecule has 1 atom stereocenters. The molecule has 4 heteroatoms. The number of para-hydroxylation sites is 1. The van der Waals surface area contributed by atoms with Crippen molar-refractivity contribution in [3.05, 3.63) is 29.3 Å². The zero-order chi connectivity index (χ0) is 13.9. The molecule has 0 saturated heterocycles. The molecule has 1 unspecified atom stereocenters. The number of Topliss-reactive ketones (excluding diaryl/α,β-unsaturated/α-hetero) is 1. The molecule has 3 rings (SSSR count). The minimum atomic E-state index is -0.892. The van der Waals surface area contributed by atoms with E-state index in [0.29, 0.717) is 17.3 Å². The molecule has 0 radical (unpaired) electrons. The van der Waals surface area contributed by atoms with Crippen LogP contribution in [0.3, 0.4) is 0 Å². The van der Waals surface area contributed by atoms with Gasteiger partial charge in [-0.3, -0.25) is 4.79 Å². The number of ketones is 1. The van der Waals surface area contributed by atoms with Crippen molar-refractivity contribution < 1.29 is 9.90 Å². The van der Waals surface area contributed by atoms with Crippen molar-refractivity contribution in [2.24, 2.45) is 5.92 Å². The van der Waals surface area contributed by atoms with Gasteiger partial charge in [0.05, 0.1) is 10.2 Å². The van der Waals surface area contributed by atoms with Crippen molar-refractivity contribution >= 4 is 27.3 Å². The molecule has 1 aliphatic carbocycles. The first-order valence-corrected chi connectivity index (χ1v) is 8.13. The summed E-state index contributed by atoms with van der Waals surface area (Å²) in [5.41, 5.74) is 0.837. The van der Waals surface area contributed by atoms with Crippen LogP contribution in [0.15, 0.2) is 24.3 Å². The van der Waals surface area contributed by atoms with Crippen molar-refractivity contribution in [2.45, 2.75) is 44.6 Å². The Kier molecular flexibility index (Phi) is 4.13.